The van der Waals surface area contributed by atoms with Gasteiger partial charge in [-0.1, -0.05) is 12.1 Å². The number of aromatic nitrogens is 3. The van der Waals surface area contributed by atoms with Crippen molar-refractivity contribution >= 4 is 15.7 Å². The molecule has 3 heterocycles. The van der Waals surface area contributed by atoms with Gasteiger partial charge in [0, 0.05) is 25.0 Å². The molecule has 2 saturated heterocycles. The maximum atomic E-state index is 12.9. The molecule has 4 rings (SSSR count). The van der Waals surface area contributed by atoms with Gasteiger partial charge in [0.05, 0.1) is 22.3 Å². The van der Waals surface area contributed by atoms with E-state index in [0.717, 1.165) is 0 Å². The SMILES string of the molecule is N[C@@H]1CS(=O)(=O)[C@H]2CN(C(=O)c3ccccc3-n3cncn3)C[C@@H]12. The molecule has 24 heavy (non-hydrogen) atoms. The van der Waals surface area contributed by atoms with Crippen LogP contribution in [0.1, 0.15) is 10.4 Å². The first kappa shape index (κ1) is 15.3. The summed E-state index contributed by atoms with van der Waals surface area (Å²) in [4.78, 5) is 18.4. The number of sulfone groups is 1. The highest BCUT2D eigenvalue weighted by Gasteiger charge is 2.51. The summed E-state index contributed by atoms with van der Waals surface area (Å²) in [6.45, 7) is 0.570. The summed E-state index contributed by atoms with van der Waals surface area (Å²) >= 11 is 0. The van der Waals surface area contributed by atoms with E-state index in [4.69, 9.17) is 5.73 Å². The van der Waals surface area contributed by atoms with E-state index in [1.165, 1.54) is 17.3 Å². The van der Waals surface area contributed by atoms with E-state index in [0.29, 0.717) is 17.8 Å². The Morgan fingerprint density at radius 1 is 1.25 bits per heavy atom. The number of benzene rings is 1. The molecule has 9 heteroatoms. The lowest BCUT2D eigenvalue weighted by Crippen LogP contribution is -2.36. The van der Waals surface area contributed by atoms with Crippen molar-refractivity contribution in [2.75, 3.05) is 18.8 Å². The fourth-order valence-corrected chi connectivity index (χ4v) is 5.89. The summed E-state index contributed by atoms with van der Waals surface area (Å²) in [5, 5.41) is 3.52. The lowest BCUT2D eigenvalue weighted by atomic mass is 10.0. The van der Waals surface area contributed by atoms with Crippen LogP contribution in [0.3, 0.4) is 0 Å². The van der Waals surface area contributed by atoms with Gasteiger partial charge in [-0.05, 0) is 12.1 Å². The first-order valence-electron chi connectivity index (χ1n) is 7.68. The third-order valence-corrected chi connectivity index (χ3v) is 7.10. The summed E-state index contributed by atoms with van der Waals surface area (Å²) in [6.07, 6.45) is 2.91. The summed E-state index contributed by atoms with van der Waals surface area (Å²) < 4.78 is 25.9. The number of nitrogens with zero attached hydrogens (tertiary/aromatic N) is 4. The first-order valence-corrected chi connectivity index (χ1v) is 9.39. The molecule has 126 valence electrons. The van der Waals surface area contributed by atoms with Gasteiger partial charge in [0.2, 0.25) is 0 Å². The normalized spacial score (nSPS) is 28.0. The second-order valence-corrected chi connectivity index (χ2v) is 8.53. The standard InChI is InChI=1S/C15H17N5O3S/c16-12-7-24(22,23)14-6-19(5-11(12)14)15(21)10-3-1-2-4-13(10)20-9-17-8-18-20/h1-4,8-9,11-12,14H,5-7,16H2/t11-,12+,14-/m0/s1. The van der Waals surface area contributed by atoms with Crippen molar-refractivity contribution in [2.45, 2.75) is 11.3 Å². The van der Waals surface area contributed by atoms with Crippen LogP contribution in [-0.2, 0) is 9.84 Å². The Hall–Kier alpha value is -2.26. The van der Waals surface area contributed by atoms with Crippen LogP contribution in [0.25, 0.3) is 5.69 Å². The Labute approximate surface area is 139 Å². The Morgan fingerprint density at radius 3 is 2.75 bits per heavy atom. The van der Waals surface area contributed by atoms with Gasteiger partial charge in [-0.25, -0.2) is 18.1 Å². The van der Waals surface area contributed by atoms with Crippen LogP contribution in [0.5, 0.6) is 0 Å². The number of rotatable bonds is 2. The Morgan fingerprint density at radius 2 is 2.04 bits per heavy atom. The van der Waals surface area contributed by atoms with Crippen molar-refractivity contribution in [2.24, 2.45) is 11.7 Å². The predicted molar refractivity (Wildman–Crippen MR) is 86.3 cm³/mol. The minimum Gasteiger partial charge on any atom is -0.337 e. The van der Waals surface area contributed by atoms with Gasteiger partial charge < -0.3 is 10.6 Å². The average molecular weight is 347 g/mol. The van der Waals surface area contributed by atoms with E-state index in [1.54, 1.807) is 23.1 Å². The molecule has 0 unspecified atom stereocenters. The second-order valence-electron chi connectivity index (χ2n) is 6.26. The Bertz CT molecular complexity index is 880. The number of likely N-dealkylation sites (tertiary alicyclic amines) is 1. The summed E-state index contributed by atoms with van der Waals surface area (Å²) in [5.74, 6) is -0.379. The van der Waals surface area contributed by atoms with E-state index < -0.39 is 21.1 Å². The zero-order valence-corrected chi connectivity index (χ0v) is 13.6. The van der Waals surface area contributed by atoms with Crippen LogP contribution in [0, 0.1) is 5.92 Å². The monoisotopic (exact) mass is 347 g/mol. The van der Waals surface area contributed by atoms with Crippen LogP contribution in [0.4, 0.5) is 0 Å². The number of para-hydroxylation sites is 1. The zero-order chi connectivity index (χ0) is 16.9. The number of nitrogens with two attached hydrogens (primary N) is 1. The molecule has 8 nitrogen and oxygen atoms in total. The van der Waals surface area contributed by atoms with Gasteiger partial charge in [-0.15, -0.1) is 0 Å². The quantitative estimate of drug-likeness (QED) is 0.781. The minimum absolute atomic E-state index is 0.0138. The van der Waals surface area contributed by atoms with Crippen molar-refractivity contribution in [3.05, 3.63) is 42.5 Å². The number of fused-ring (bicyclic) bond motifs is 1. The van der Waals surface area contributed by atoms with Crippen molar-refractivity contribution in [1.29, 1.82) is 0 Å². The number of carbonyl (C=O) groups is 1. The Balaban J connectivity index is 1.65. The minimum atomic E-state index is -3.22. The molecule has 1 amide bonds. The molecule has 1 aromatic carbocycles. The number of hydrogen-bond acceptors (Lipinski definition) is 6. The highest BCUT2D eigenvalue weighted by molar-refractivity contribution is 7.92. The molecule has 2 aromatic rings. The first-order chi connectivity index (χ1) is 11.5. The summed E-state index contributed by atoms with van der Waals surface area (Å²) in [5.41, 5.74) is 7.05. The van der Waals surface area contributed by atoms with Crippen LogP contribution in [-0.4, -0.2) is 64.1 Å². The van der Waals surface area contributed by atoms with Gasteiger partial charge in [-0.2, -0.15) is 5.10 Å². The molecule has 2 aliphatic heterocycles. The average Bonchev–Trinajstić information content (AvgIpc) is 3.26. The molecular formula is C15H17N5O3S. The molecule has 3 atom stereocenters. The molecule has 1 aromatic heterocycles. The maximum Gasteiger partial charge on any atom is 0.256 e. The van der Waals surface area contributed by atoms with Crippen molar-refractivity contribution < 1.29 is 13.2 Å². The van der Waals surface area contributed by atoms with Gasteiger partial charge in [0.25, 0.3) is 5.91 Å². The molecule has 2 N–H and O–H groups in total. The van der Waals surface area contributed by atoms with Crippen molar-refractivity contribution in [3.63, 3.8) is 0 Å². The van der Waals surface area contributed by atoms with E-state index in [2.05, 4.69) is 10.1 Å². The van der Waals surface area contributed by atoms with Crippen LogP contribution in [0.15, 0.2) is 36.9 Å². The Kier molecular flexibility index (Phi) is 3.43. The third kappa shape index (κ3) is 2.31. The van der Waals surface area contributed by atoms with Crippen LogP contribution >= 0.6 is 0 Å². The van der Waals surface area contributed by atoms with Crippen molar-refractivity contribution in [3.8, 4) is 5.69 Å². The summed E-state index contributed by atoms with van der Waals surface area (Å²) in [6, 6.07) is 6.67. The molecule has 0 aliphatic carbocycles. The predicted octanol–water partition coefficient (Wildman–Crippen LogP) is -0.536. The van der Waals surface area contributed by atoms with Gasteiger partial charge in [0.1, 0.15) is 12.7 Å². The molecule has 0 bridgehead atoms. The zero-order valence-electron chi connectivity index (χ0n) is 12.8. The van der Waals surface area contributed by atoms with Crippen molar-refractivity contribution in [1.82, 2.24) is 19.7 Å². The smallest absolute Gasteiger partial charge is 0.256 e. The molecular weight excluding hydrogens is 330 g/mol. The fraction of sp³-hybridized carbons (Fsp3) is 0.400. The van der Waals surface area contributed by atoms with Crippen LogP contribution < -0.4 is 5.73 Å². The van der Waals surface area contributed by atoms with E-state index >= 15 is 0 Å². The molecule has 0 saturated carbocycles. The highest BCUT2D eigenvalue weighted by Crippen LogP contribution is 2.34. The van der Waals surface area contributed by atoms with Gasteiger partial charge in [-0.3, -0.25) is 4.79 Å². The lowest BCUT2D eigenvalue weighted by Gasteiger charge is -2.20. The van der Waals surface area contributed by atoms with Gasteiger partial charge in [0.15, 0.2) is 9.84 Å². The third-order valence-electron chi connectivity index (χ3n) is 4.83. The molecule has 2 fully saturated rings. The largest absolute Gasteiger partial charge is 0.337 e. The lowest BCUT2D eigenvalue weighted by molar-refractivity contribution is 0.0785. The van der Waals surface area contributed by atoms with E-state index in [-0.39, 0.29) is 24.1 Å². The maximum absolute atomic E-state index is 12.9. The molecule has 0 radical (unpaired) electrons. The number of amides is 1. The molecule has 0 spiro atoms. The topological polar surface area (TPSA) is 111 Å². The summed E-state index contributed by atoms with van der Waals surface area (Å²) in [7, 11) is -3.22. The van der Waals surface area contributed by atoms with Gasteiger partial charge >= 0.3 is 0 Å². The number of hydrogen-bond donors (Lipinski definition) is 1. The van der Waals surface area contributed by atoms with E-state index in [1.807, 2.05) is 6.07 Å². The number of carbonyl (C=O) groups excluding carboxylic acids is 1. The fourth-order valence-electron chi connectivity index (χ4n) is 3.63. The van der Waals surface area contributed by atoms with Crippen LogP contribution in [0.2, 0.25) is 0 Å². The highest BCUT2D eigenvalue weighted by atomic mass is 32.2. The second kappa shape index (κ2) is 5.38. The van der Waals surface area contributed by atoms with E-state index in [9.17, 15) is 13.2 Å². The molecule has 2 aliphatic rings.